The van der Waals surface area contributed by atoms with Crippen LogP contribution in [0.25, 0.3) is 0 Å². The van der Waals surface area contributed by atoms with Gasteiger partial charge in [-0.2, -0.15) is 0 Å². The molecule has 2 aromatic carbocycles. The monoisotopic (exact) mass is 642 g/mol. The molecule has 0 aliphatic heterocycles. The third-order valence-electron chi connectivity index (χ3n) is 3.39. The molecule has 2 aromatic rings. The standard InChI is InChI=1S/C14H3Cl10.Sb/c1-2(3-5(15)9(19)13(23)10(20)6(3)16)4-7(17)11(21)14(24)12(22)8(4)18;/h1H3;. The Hall–Kier alpha value is 2.16. The van der Waals surface area contributed by atoms with Crippen molar-refractivity contribution in [1.29, 1.82) is 0 Å². The van der Waals surface area contributed by atoms with Gasteiger partial charge in [-0.05, 0) is 0 Å². The van der Waals surface area contributed by atoms with E-state index in [1.807, 2.05) is 0 Å². The van der Waals surface area contributed by atoms with Gasteiger partial charge in [0, 0.05) is 0 Å². The molecule has 0 unspecified atom stereocenters. The van der Waals surface area contributed by atoms with Crippen molar-refractivity contribution >= 4 is 139 Å². The first-order chi connectivity index (χ1) is 11.4. The van der Waals surface area contributed by atoms with Crippen LogP contribution in [0, 0.1) is 0 Å². The molecule has 0 heterocycles. The summed E-state index contributed by atoms with van der Waals surface area (Å²) in [5.74, 6) is 0. The van der Waals surface area contributed by atoms with Gasteiger partial charge in [-0.3, -0.25) is 0 Å². The molecule has 0 N–H and O–H groups in total. The van der Waals surface area contributed by atoms with E-state index in [0.29, 0.717) is 11.1 Å². The Bertz CT molecular complexity index is 761. The van der Waals surface area contributed by atoms with Crippen molar-refractivity contribution in [1.82, 2.24) is 0 Å². The topological polar surface area (TPSA) is 0 Å². The van der Waals surface area contributed by atoms with Crippen LogP contribution in [0.15, 0.2) is 0 Å². The molecule has 25 heavy (non-hydrogen) atoms. The van der Waals surface area contributed by atoms with E-state index in [-0.39, 0.29) is 50.2 Å². The Labute approximate surface area is 208 Å². The van der Waals surface area contributed by atoms with Crippen LogP contribution in [0.5, 0.6) is 0 Å². The van der Waals surface area contributed by atoms with Gasteiger partial charge in [-0.1, -0.05) is 0 Å². The molecule has 0 amide bonds. The van der Waals surface area contributed by atoms with Crippen LogP contribution in [0.3, 0.4) is 0 Å². The number of hydrogen-bond acceptors (Lipinski definition) is 0. The molecule has 134 valence electrons. The third kappa shape index (κ3) is 3.95. The van der Waals surface area contributed by atoms with Crippen molar-refractivity contribution in [3.63, 3.8) is 0 Å². The fraction of sp³-hybridized carbons (Fsp3) is 0.143. The molecular weight excluding hydrogens is 644 g/mol. The SMILES string of the molecule is C[C]([Sb])(c1c(Cl)c(Cl)c(Cl)c(Cl)c1Cl)c1c(Cl)c(Cl)c(Cl)c(Cl)c1Cl. The van der Waals surface area contributed by atoms with Gasteiger partial charge in [0.05, 0.1) is 0 Å². The fourth-order valence-corrected chi connectivity index (χ4v) is 7.29. The van der Waals surface area contributed by atoms with E-state index in [1.165, 1.54) is 23.0 Å². The first kappa shape index (κ1) is 23.4. The van der Waals surface area contributed by atoms with E-state index >= 15 is 0 Å². The minimum absolute atomic E-state index is 0.0493. The average molecular weight is 647 g/mol. The summed E-state index contributed by atoms with van der Waals surface area (Å²) in [6, 6.07) is 0. The van der Waals surface area contributed by atoms with Crippen molar-refractivity contribution in [2.75, 3.05) is 0 Å². The summed E-state index contributed by atoms with van der Waals surface area (Å²) in [5, 5.41) is 0.846. The number of rotatable bonds is 2. The molecule has 0 bridgehead atoms. The van der Waals surface area contributed by atoms with Crippen molar-refractivity contribution in [2.24, 2.45) is 0 Å². The summed E-state index contributed by atoms with van der Waals surface area (Å²) in [5.41, 5.74) is 0.782. The average Bonchev–Trinajstić information content (AvgIpc) is 2.54. The Morgan fingerprint density at radius 2 is 0.600 bits per heavy atom. The molecule has 0 fully saturated rings. The predicted octanol–water partition coefficient (Wildman–Crippen LogP) is 9.65. The van der Waals surface area contributed by atoms with Crippen LogP contribution in [-0.2, 0) is 3.36 Å². The summed E-state index contributed by atoms with van der Waals surface area (Å²) < 4.78 is -0.938. The second-order valence-corrected chi connectivity index (χ2v) is 11.3. The molecule has 0 saturated heterocycles. The molecule has 0 nitrogen and oxygen atoms in total. The molecule has 0 aliphatic rings. The second-order valence-electron chi connectivity index (χ2n) is 4.96. The number of hydrogen-bond donors (Lipinski definition) is 0. The molecule has 0 aromatic heterocycles. The first-order valence-corrected chi connectivity index (χ1v) is 11.2. The molecule has 0 saturated carbocycles. The molecule has 0 spiro atoms. The molecule has 0 atom stereocenters. The molecule has 2 radical (unpaired) electrons. The predicted molar refractivity (Wildman–Crippen MR) is 115 cm³/mol. The number of halogens is 10. The Kier molecular flexibility index (Phi) is 7.96. The van der Waals surface area contributed by atoms with Crippen LogP contribution in [-0.4, -0.2) is 23.0 Å². The van der Waals surface area contributed by atoms with Gasteiger partial charge in [0.15, 0.2) is 0 Å². The van der Waals surface area contributed by atoms with Gasteiger partial charge < -0.3 is 0 Å². The normalized spacial score (nSPS) is 12.0. The van der Waals surface area contributed by atoms with E-state index in [4.69, 9.17) is 116 Å². The van der Waals surface area contributed by atoms with Crippen molar-refractivity contribution in [2.45, 2.75) is 10.3 Å². The van der Waals surface area contributed by atoms with E-state index in [0.717, 1.165) is 0 Å². The Morgan fingerprint density at radius 1 is 0.440 bits per heavy atom. The first-order valence-electron chi connectivity index (χ1n) is 6.11. The third-order valence-corrected chi connectivity index (χ3v) is 9.22. The van der Waals surface area contributed by atoms with Crippen molar-refractivity contribution in [3.05, 3.63) is 61.4 Å². The van der Waals surface area contributed by atoms with E-state index in [9.17, 15) is 0 Å². The van der Waals surface area contributed by atoms with Gasteiger partial charge in [0.25, 0.3) is 0 Å². The molecular formula is C14H3Cl10Sb. The van der Waals surface area contributed by atoms with Crippen LogP contribution < -0.4 is 0 Å². The van der Waals surface area contributed by atoms with Crippen LogP contribution >= 0.6 is 116 Å². The van der Waals surface area contributed by atoms with Gasteiger partial charge in [0.2, 0.25) is 0 Å². The van der Waals surface area contributed by atoms with Gasteiger partial charge >= 0.3 is 211 Å². The summed E-state index contributed by atoms with van der Waals surface area (Å²) in [4.78, 5) is 0. The Balaban J connectivity index is 2.96. The maximum absolute atomic E-state index is 6.40. The fourth-order valence-electron chi connectivity index (χ4n) is 2.19. The Morgan fingerprint density at radius 3 is 0.800 bits per heavy atom. The quantitative estimate of drug-likeness (QED) is 0.173. The van der Waals surface area contributed by atoms with Crippen LogP contribution in [0.1, 0.15) is 18.1 Å². The van der Waals surface area contributed by atoms with Crippen LogP contribution in [0.2, 0.25) is 50.2 Å². The summed E-state index contributed by atoms with van der Waals surface area (Å²) in [6.45, 7) is 1.78. The van der Waals surface area contributed by atoms with Crippen molar-refractivity contribution < 1.29 is 0 Å². The van der Waals surface area contributed by atoms with Gasteiger partial charge in [0.1, 0.15) is 0 Å². The molecule has 2 rings (SSSR count). The summed E-state index contributed by atoms with van der Waals surface area (Å²) in [7, 11) is 0. The molecule has 0 aliphatic carbocycles. The zero-order chi connectivity index (χ0) is 19.4. The minimum atomic E-state index is -0.938. The van der Waals surface area contributed by atoms with E-state index in [1.54, 1.807) is 6.92 Å². The van der Waals surface area contributed by atoms with Crippen molar-refractivity contribution in [3.8, 4) is 0 Å². The second kappa shape index (κ2) is 8.49. The van der Waals surface area contributed by atoms with Crippen LogP contribution in [0.4, 0.5) is 0 Å². The summed E-state index contributed by atoms with van der Waals surface area (Å²) >= 11 is 63.7. The maximum atomic E-state index is 6.40. The molecule has 11 heteroatoms. The number of benzene rings is 2. The zero-order valence-corrected chi connectivity index (χ0v) is 21.8. The van der Waals surface area contributed by atoms with E-state index in [2.05, 4.69) is 0 Å². The van der Waals surface area contributed by atoms with E-state index < -0.39 is 3.36 Å². The summed E-state index contributed by atoms with van der Waals surface area (Å²) in [6.07, 6.45) is 0. The van der Waals surface area contributed by atoms with Gasteiger partial charge in [-0.15, -0.1) is 0 Å². The zero-order valence-electron chi connectivity index (χ0n) is 11.7. The van der Waals surface area contributed by atoms with Gasteiger partial charge in [-0.25, -0.2) is 0 Å².